The Morgan fingerprint density at radius 2 is 2.17 bits per heavy atom. The summed E-state index contributed by atoms with van der Waals surface area (Å²) in [7, 11) is 0. The standard InChI is InChI=1S/C12H7ClN2OS2/c13-10-6-15-12(18-10)14-5-9-11(16)7-3-1-2-4-8(7)17-9/h1-6H,(H,14,15). The summed E-state index contributed by atoms with van der Waals surface area (Å²) in [6.45, 7) is 0. The Hall–Kier alpha value is -1.30. The molecular formula is C12H7ClN2OS2. The molecule has 0 bridgehead atoms. The van der Waals surface area contributed by atoms with Gasteiger partial charge in [0, 0.05) is 16.7 Å². The lowest BCUT2D eigenvalue weighted by Gasteiger charge is -1.95. The molecule has 0 saturated heterocycles. The fraction of sp³-hybridized carbons (Fsp3) is 0. The summed E-state index contributed by atoms with van der Waals surface area (Å²) < 4.78 is 0.615. The molecule has 18 heavy (non-hydrogen) atoms. The predicted octanol–water partition coefficient (Wildman–Crippen LogP) is 4.04. The van der Waals surface area contributed by atoms with Gasteiger partial charge in [-0.15, -0.1) is 0 Å². The Balaban J connectivity index is 1.82. The lowest BCUT2D eigenvalue weighted by Crippen LogP contribution is -1.96. The average Bonchev–Trinajstić information content (AvgIpc) is 2.92. The van der Waals surface area contributed by atoms with Gasteiger partial charge in [-0.2, -0.15) is 0 Å². The van der Waals surface area contributed by atoms with E-state index in [1.165, 1.54) is 23.1 Å². The van der Waals surface area contributed by atoms with Gasteiger partial charge in [-0.3, -0.25) is 4.79 Å². The normalized spacial score (nSPS) is 16.1. The first-order chi connectivity index (χ1) is 8.74. The Morgan fingerprint density at radius 1 is 1.33 bits per heavy atom. The number of aromatic nitrogens is 1. The Kier molecular flexibility index (Phi) is 3.11. The summed E-state index contributed by atoms with van der Waals surface area (Å²) in [6.07, 6.45) is 3.26. The smallest absolute Gasteiger partial charge is 0.202 e. The summed E-state index contributed by atoms with van der Waals surface area (Å²) in [4.78, 5) is 17.8. The number of carbonyl (C=O) groups is 1. The molecule has 0 amide bonds. The van der Waals surface area contributed by atoms with Gasteiger partial charge in [0.2, 0.25) is 5.78 Å². The van der Waals surface area contributed by atoms with Crippen LogP contribution >= 0.6 is 34.7 Å². The molecule has 2 heterocycles. The number of ketones is 1. The van der Waals surface area contributed by atoms with E-state index in [4.69, 9.17) is 11.6 Å². The fourth-order valence-electron chi connectivity index (χ4n) is 1.58. The second-order valence-electron chi connectivity index (χ2n) is 3.55. The number of nitrogens with zero attached hydrogens (tertiary/aromatic N) is 1. The number of benzene rings is 1. The van der Waals surface area contributed by atoms with E-state index in [-0.39, 0.29) is 5.78 Å². The van der Waals surface area contributed by atoms with E-state index < -0.39 is 0 Å². The highest BCUT2D eigenvalue weighted by atomic mass is 35.5. The minimum absolute atomic E-state index is 0.0470. The van der Waals surface area contributed by atoms with Crippen LogP contribution in [-0.4, -0.2) is 10.8 Å². The van der Waals surface area contributed by atoms with Crippen LogP contribution in [0.5, 0.6) is 0 Å². The maximum Gasteiger partial charge on any atom is 0.202 e. The van der Waals surface area contributed by atoms with Crippen molar-refractivity contribution in [3.63, 3.8) is 0 Å². The number of thioether (sulfide) groups is 1. The zero-order valence-electron chi connectivity index (χ0n) is 9.01. The number of allylic oxidation sites excluding steroid dienone is 1. The van der Waals surface area contributed by atoms with Crippen LogP contribution in [0.1, 0.15) is 10.4 Å². The largest absolute Gasteiger partial charge is 0.337 e. The van der Waals surface area contributed by atoms with Gasteiger partial charge in [-0.25, -0.2) is 4.98 Å². The molecule has 1 aliphatic heterocycles. The SMILES string of the molecule is O=C1C(=CNc2ncc(Cl)s2)Sc2ccccc21. The molecule has 0 fully saturated rings. The third-order valence-corrected chi connectivity index (χ3v) is 4.52. The molecular weight excluding hydrogens is 288 g/mol. The van der Waals surface area contributed by atoms with Crippen molar-refractivity contribution in [2.45, 2.75) is 4.90 Å². The van der Waals surface area contributed by atoms with Crippen LogP contribution < -0.4 is 5.32 Å². The predicted molar refractivity (Wildman–Crippen MR) is 75.5 cm³/mol. The molecule has 1 N–H and O–H groups in total. The lowest BCUT2D eigenvalue weighted by atomic mass is 10.1. The third kappa shape index (κ3) is 2.16. The molecule has 0 saturated carbocycles. The number of thiazole rings is 1. The van der Waals surface area contributed by atoms with Crippen molar-refractivity contribution in [2.75, 3.05) is 5.32 Å². The quantitative estimate of drug-likeness (QED) is 0.849. The molecule has 0 spiro atoms. The minimum Gasteiger partial charge on any atom is -0.337 e. The van der Waals surface area contributed by atoms with Gasteiger partial charge in [0.05, 0.1) is 11.1 Å². The molecule has 2 aromatic rings. The average molecular weight is 295 g/mol. The number of hydrogen-bond donors (Lipinski definition) is 1. The van der Waals surface area contributed by atoms with Crippen molar-refractivity contribution in [3.8, 4) is 0 Å². The topological polar surface area (TPSA) is 42.0 Å². The number of anilines is 1. The maximum absolute atomic E-state index is 12.1. The lowest BCUT2D eigenvalue weighted by molar-refractivity contribution is 0.104. The van der Waals surface area contributed by atoms with E-state index in [0.717, 1.165) is 10.5 Å². The van der Waals surface area contributed by atoms with Crippen molar-refractivity contribution < 1.29 is 4.79 Å². The fourth-order valence-corrected chi connectivity index (χ4v) is 3.34. The summed E-state index contributed by atoms with van der Waals surface area (Å²) in [5.74, 6) is 0.0470. The number of rotatable bonds is 2. The number of hydrogen-bond acceptors (Lipinski definition) is 5. The van der Waals surface area contributed by atoms with E-state index >= 15 is 0 Å². The molecule has 3 rings (SSSR count). The number of fused-ring (bicyclic) bond motifs is 1. The molecule has 0 unspecified atom stereocenters. The first kappa shape index (κ1) is 11.8. The van der Waals surface area contributed by atoms with E-state index in [0.29, 0.717) is 14.4 Å². The van der Waals surface area contributed by atoms with Gasteiger partial charge in [0.25, 0.3) is 0 Å². The van der Waals surface area contributed by atoms with Crippen molar-refractivity contribution >= 4 is 45.6 Å². The van der Waals surface area contributed by atoms with Gasteiger partial charge >= 0.3 is 0 Å². The first-order valence-corrected chi connectivity index (χ1v) is 7.15. The van der Waals surface area contributed by atoms with Gasteiger partial charge in [0.15, 0.2) is 5.13 Å². The van der Waals surface area contributed by atoms with Crippen LogP contribution in [0.15, 0.2) is 46.5 Å². The second-order valence-corrected chi connectivity index (χ2v) is 6.30. The van der Waals surface area contributed by atoms with Crippen LogP contribution in [0.3, 0.4) is 0 Å². The Morgan fingerprint density at radius 3 is 2.89 bits per heavy atom. The monoisotopic (exact) mass is 294 g/mol. The van der Waals surface area contributed by atoms with Crippen LogP contribution in [-0.2, 0) is 0 Å². The number of nitrogens with one attached hydrogen (secondary N) is 1. The van der Waals surface area contributed by atoms with Crippen LogP contribution in [0.2, 0.25) is 4.34 Å². The van der Waals surface area contributed by atoms with Crippen molar-refractivity contribution in [2.24, 2.45) is 0 Å². The zero-order chi connectivity index (χ0) is 12.5. The highest BCUT2D eigenvalue weighted by Crippen LogP contribution is 2.39. The molecule has 3 nitrogen and oxygen atoms in total. The highest BCUT2D eigenvalue weighted by Gasteiger charge is 2.25. The number of halogens is 1. The van der Waals surface area contributed by atoms with E-state index in [2.05, 4.69) is 10.3 Å². The zero-order valence-corrected chi connectivity index (χ0v) is 11.4. The summed E-state index contributed by atoms with van der Waals surface area (Å²) in [5.41, 5.74) is 0.757. The molecule has 1 aliphatic rings. The molecule has 0 aliphatic carbocycles. The highest BCUT2D eigenvalue weighted by molar-refractivity contribution is 8.04. The van der Waals surface area contributed by atoms with E-state index in [9.17, 15) is 4.79 Å². The maximum atomic E-state index is 12.1. The Labute approximate surface area is 117 Å². The Bertz CT molecular complexity index is 651. The molecule has 1 aromatic heterocycles. The van der Waals surface area contributed by atoms with Gasteiger partial charge in [-0.1, -0.05) is 46.8 Å². The van der Waals surface area contributed by atoms with Crippen molar-refractivity contribution in [1.29, 1.82) is 0 Å². The van der Waals surface area contributed by atoms with Crippen LogP contribution in [0.4, 0.5) is 5.13 Å². The first-order valence-electron chi connectivity index (χ1n) is 5.13. The van der Waals surface area contributed by atoms with E-state index in [1.54, 1.807) is 12.4 Å². The number of carbonyl (C=O) groups excluding carboxylic acids is 1. The molecule has 6 heteroatoms. The molecule has 1 aromatic carbocycles. The molecule has 0 radical (unpaired) electrons. The summed E-state index contributed by atoms with van der Waals surface area (Å²) in [5, 5.41) is 3.67. The van der Waals surface area contributed by atoms with Gasteiger partial charge in [-0.05, 0) is 12.1 Å². The van der Waals surface area contributed by atoms with Gasteiger partial charge < -0.3 is 5.32 Å². The van der Waals surface area contributed by atoms with Crippen LogP contribution in [0, 0.1) is 0 Å². The second kappa shape index (κ2) is 4.76. The van der Waals surface area contributed by atoms with Crippen molar-refractivity contribution in [3.05, 3.63) is 51.5 Å². The molecule has 90 valence electrons. The summed E-state index contributed by atoms with van der Waals surface area (Å²) >= 11 is 8.58. The van der Waals surface area contributed by atoms with Crippen LogP contribution in [0.25, 0.3) is 0 Å². The summed E-state index contributed by atoms with van der Waals surface area (Å²) in [6, 6.07) is 7.58. The van der Waals surface area contributed by atoms with Gasteiger partial charge in [0.1, 0.15) is 4.34 Å². The van der Waals surface area contributed by atoms with E-state index in [1.807, 2.05) is 24.3 Å². The third-order valence-electron chi connectivity index (χ3n) is 2.38. The van der Waals surface area contributed by atoms with Crippen molar-refractivity contribution in [1.82, 2.24) is 4.98 Å². The number of Topliss-reactive ketones (excluding diaryl/α,β-unsaturated/α-hetero) is 1. The minimum atomic E-state index is 0.0470. The molecule has 0 atom stereocenters.